The Morgan fingerprint density at radius 1 is 1.24 bits per heavy atom. The standard InChI is InChI=1S/C12H19BrN2O2/c1-7(2)5-9-11(13)15(17)10(6-8(3)4)12(16)14-9/h7-8H,5-6H2,1-4H3,(H,14,16). The van der Waals surface area contributed by atoms with Crippen molar-refractivity contribution in [2.24, 2.45) is 11.8 Å². The summed E-state index contributed by atoms with van der Waals surface area (Å²) in [7, 11) is 0. The maximum atomic E-state index is 12.0. The zero-order chi connectivity index (χ0) is 13.2. The molecule has 0 spiro atoms. The van der Waals surface area contributed by atoms with Crippen LogP contribution in [0.3, 0.4) is 0 Å². The molecule has 0 fully saturated rings. The topological polar surface area (TPSA) is 59.8 Å². The van der Waals surface area contributed by atoms with E-state index in [4.69, 9.17) is 0 Å². The Kier molecular flexibility index (Phi) is 4.74. The summed E-state index contributed by atoms with van der Waals surface area (Å²) in [6, 6.07) is 0. The zero-order valence-corrected chi connectivity index (χ0v) is 12.3. The molecule has 0 unspecified atom stereocenters. The van der Waals surface area contributed by atoms with Gasteiger partial charge in [0.05, 0.1) is 5.69 Å². The largest absolute Gasteiger partial charge is 0.618 e. The van der Waals surface area contributed by atoms with Gasteiger partial charge in [-0.25, -0.2) is 0 Å². The van der Waals surface area contributed by atoms with Crippen LogP contribution in [0.1, 0.15) is 39.1 Å². The first kappa shape index (κ1) is 14.2. The Labute approximate surface area is 110 Å². The van der Waals surface area contributed by atoms with E-state index in [1.54, 1.807) is 0 Å². The summed E-state index contributed by atoms with van der Waals surface area (Å²) < 4.78 is 1.15. The molecule has 0 amide bonds. The van der Waals surface area contributed by atoms with Crippen LogP contribution in [0.15, 0.2) is 9.40 Å². The number of aromatic amines is 1. The summed E-state index contributed by atoms with van der Waals surface area (Å²) >= 11 is 3.26. The van der Waals surface area contributed by atoms with Gasteiger partial charge in [0.1, 0.15) is 0 Å². The molecule has 1 aromatic rings. The van der Waals surface area contributed by atoms with Gasteiger partial charge in [0.2, 0.25) is 0 Å². The van der Waals surface area contributed by atoms with Crippen LogP contribution < -0.4 is 10.3 Å². The lowest BCUT2D eigenvalue weighted by atomic mass is 10.1. The fourth-order valence-electron chi connectivity index (χ4n) is 1.70. The van der Waals surface area contributed by atoms with Crippen molar-refractivity contribution in [3.8, 4) is 0 Å². The molecule has 17 heavy (non-hydrogen) atoms. The minimum atomic E-state index is -0.271. The van der Waals surface area contributed by atoms with Gasteiger partial charge in [-0.05, 0) is 18.3 Å². The summed E-state index contributed by atoms with van der Waals surface area (Å²) in [5.41, 5.74) is 0.680. The lowest BCUT2D eigenvalue weighted by Gasteiger charge is -2.11. The molecule has 1 N–H and O–H groups in total. The second kappa shape index (κ2) is 5.67. The van der Waals surface area contributed by atoms with E-state index in [1.165, 1.54) is 0 Å². The number of halogens is 1. The van der Waals surface area contributed by atoms with E-state index in [0.29, 0.717) is 29.1 Å². The summed E-state index contributed by atoms with van der Waals surface area (Å²) in [5, 5.41) is 12.0. The predicted molar refractivity (Wildman–Crippen MR) is 70.8 cm³/mol. The monoisotopic (exact) mass is 302 g/mol. The Hall–Kier alpha value is -0.840. The van der Waals surface area contributed by atoms with Gasteiger partial charge >= 0.3 is 5.56 Å². The van der Waals surface area contributed by atoms with Crippen molar-refractivity contribution in [1.29, 1.82) is 0 Å². The molecule has 5 heteroatoms. The Balaban J connectivity index is 3.22. The molecule has 96 valence electrons. The number of aromatic nitrogens is 2. The van der Waals surface area contributed by atoms with Gasteiger partial charge in [-0.3, -0.25) is 4.79 Å². The van der Waals surface area contributed by atoms with E-state index in [2.05, 4.69) is 20.9 Å². The zero-order valence-electron chi connectivity index (χ0n) is 10.7. The van der Waals surface area contributed by atoms with E-state index in [0.717, 1.165) is 4.73 Å². The number of H-pyrrole nitrogens is 1. The van der Waals surface area contributed by atoms with Crippen molar-refractivity contribution in [2.75, 3.05) is 0 Å². The first-order valence-electron chi connectivity index (χ1n) is 5.86. The van der Waals surface area contributed by atoms with E-state index >= 15 is 0 Å². The van der Waals surface area contributed by atoms with Crippen molar-refractivity contribution in [3.63, 3.8) is 0 Å². The maximum absolute atomic E-state index is 12.0. The van der Waals surface area contributed by atoms with Crippen LogP contribution in [0.2, 0.25) is 0 Å². The molecule has 0 bridgehead atoms. The van der Waals surface area contributed by atoms with Crippen LogP contribution in [0, 0.1) is 17.0 Å². The highest BCUT2D eigenvalue weighted by Crippen LogP contribution is 2.13. The van der Waals surface area contributed by atoms with Gasteiger partial charge in [0.25, 0.3) is 10.3 Å². The number of hydrogen-bond donors (Lipinski definition) is 1. The molecular formula is C12H19BrN2O2. The van der Waals surface area contributed by atoms with E-state index in [-0.39, 0.29) is 17.2 Å². The Morgan fingerprint density at radius 3 is 2.24 bits per heavy atom. The molecule has 1 aromatic heterocycles. The minimum absolute atomic E-state index is 0.271. The highest BCUT2D eigenvalue weighted by molar-refractivity contribution is 9.10. The smallest absolute Gasteiger partial charge is 0.317 e. The molecule has 0 atom stereocenters. The molecule has 0 aliphatic heterocycles. The third-order valence-corrected chi connectivity index (χ3v) is 3.21. The summed E-state index contributed by atoms with van der Waals surface area (Å²) in [5.74, 6) is 0.664. The molecule has 0 saturated carbocycles. The lowest BCUT2D eigenvalue weighted by Crippen LogP contribution is -2.43. The Bertz CT molecular complexity index is 453. The van der Waals surface area contributed by atoms with Gasteiger partial charge in [-0.2, -0.15) is 4.73 Å². The predicted octanol–water partition coefficient (Wildman–Crippen LogP) is 2.17. The van der Waals surface area contributed by atoms with Gasteiger partial charge in [0.15, 0.2) is 0 Å². The average Bonchev–Trinajstić information content (AvgIpc) is 2.20. The van der Waals surface area contributed by atoms with Crippen molar-refractivity contribution < 1.29 is 4.73 Å². The molecule has 0 saturated heterocycles. The number of hydrogen-bond acceptors (Lipinski definition) is 2. The van der Waals surface area contributed by atoms with Crippen molar-refractivity contribution in [1.82, 2.24) is 4.98 Å². The van der Waals surface area contributed by atoms with Crippen LogP contribution in [-0.2, 0) is 12.8 Å². The van der Waals surface area contributed by atoms with Crippen LogP contribution >= 0.6 is 15.9 Å². The average molecular weight is 303 g/mol. The number of rotatable bonds is 4. The SMILES string of the molecule is CC(C)Cc1[nH]c(=O)c(CC(C)C)[n+]([O-])c1Br. The molecule has 4 nitrogen and oxygen atoms in total. The third-order valence-electron chi connectivity index (χ3n) is 2.41. The summed E-state index contributed by atoms with van der Waals surface area (Å²) in [6.45, 7) is 8.05. The van der Waals surface area contributed by atoms with E-state index in [1.807, 2.05) is 27.7 Å². The molecule has 0 aromatic carbocycles. The van der Waals surface area contributed by atoms with Gasteiger partial charge in [-0.15, -0.1) is 0 Å². The maximum Gasteiger partial charge on any atom is 0.317 e. The number of nitrogens with zero attached hydrogens (tertiary/aromatic N) is 1. The van der Waals surface area contributed by atoms with Gasteiger partial charge in [-0.1, -0.05) is 27.7 Å². The molecular weight excluding hydrogens is 284 g/mol. The normalized spacial score (nSPS) is 11.5. The van der Waals surface area contributed by atoms with Gasteiger partial charge in [0, 0.05) is 22.4 Å². The first-order valence-corrected chi connectivity index (χ1v) is 6.65. The first-order chi connectivity index (χ1) is 7.82. The van der Waals surface area contributed by atoms with E-state index in [9.17, 15) is 10.0 Å². The second-order valence-electron chi connectivity index (χ2n) is 5.16. The Morgan fingerprint density at radius 2 is 1.76 bits per heavy atom. The fourth-order valence-corrected chi connectivity index (χ4v) is 2.17. The van der Waals surface area contributed by atoms with Crippen molar-refractivity contribution in [2.45, 2.75) is 40.5 Å². The van der Waals surface area contributed by atoms with E-state index < -0.39 is 0 Å². The molecule has 0 aliphatic rings. The van der Waals surface area contributed by atoms with Crippen LogP contribution in [-0.4, -0.2) is 4.98 Å². The number of nitrogens with one attached hydrogen (secondary N) is 1. The molecule has 0 aliphatic carbocycles. The van der Waals surface area contributed by atoms with Crippen LogP contribution in [0.4, 0.5) is 0 Å². The molecule has 1 rings (SSSR count). The van der Waals surface area contributed by atoms with Crippen LogP contribution in [0.25, 0.3) is 0 Å². The van der Waals surface area contributed by atoms with Crippen LogP contribution in [0.5, 0.6) is 0 Å². The molecule has 1 heterocycles. The fraction of sp³-hybridized carbons (Fsp3) is 0.667. The molecule has 0 radical (unpaired) electrons. The van der Waals surface area contributed by atoms with Crippen molar-refractivity contribution in [3.05, 3.63) is 31.6 Å². The summed E-state index contributed by atoms with van der Waals surface area (Å²) in [4.78, 5) is 14.6. The quantitative estimate of drug-likeness (QED) is 0.684. The summed E-state index contributed by atoms with van der Waals surface area (Å²) in [6.07, 6.45) is 1.17. The lowest BCUT2D eigenvalue weighted by molar-refractivity contribution is -0.628. The second-order valence-corrected chi connectivity index (χ2v) is 5.91. The minimum Gasteiger partial charge on any atom is -0.618 e. The third kappa shape index (κ3) is 3.56. The van der Waals surface area contributed by atoms with Crippen molar-refractivity contribution >= 4 is 15.9 Å². The highest BCUT2D eigenvalue weighted by Gasteiger charge is 2.20. The van der Waals surface area contributed by atoms with Gasteiger partial charge < -0.3 is 10.2 Å². The highest BCUT2D eigenvalue weighted by atomic mass is 79.9.